The fourth-order valence-electron chi connectivity index (χ4n) is 3.23. The second kappa shape index (κ2) is 9.01. The predicted molar refractivity (Wildman–Crippen MR) is 118 cm³/mol. The van der Waals surface area contributed by atoms with E-state index in [9.17, 15) is 9.59 Å². The highest BCUT2D eigenvalue weighted by atomic mass is 32.1. The lowest BCUT2D eigenvalue weighted by atomic mass is 9.99. The number of thiazole rings is 1. The number of carbonyl (C=O) groups excluding carboxylic acids is 2. The standard InChI is InChI=1S/C23H25N3O2S/c1-14-10-16(3)19(11-15(14)2)21-13-29-23(25-21)26-22(28)12-20(24-17(4)27)18-8-6-5-7-9-18/h5-11,13,20H,12H2,1-4H3,(H,24,27)(H,25,26,28)/t20-/m1/s1. The molecule has 1 aromatic heterocycles. The van der Waals surface area contributed by atoms with Crippen molar-refractivity contribution in [3.05, 3.63) is 70.1 Å². The van der Waals surface area contributed by atoms with Crippen molar-refractivity contribution < 1.29 is 9.59 Å². The summed E-state index contributed by atoms with van der Waals surface area (Å²) < 4.78 is 0. The molecule has 2 N–H and O–H groups in total. The van der Waals surface area contributed by atoms with Gasteiger partial charge in [-0.05, 0) is 49.1 Å². The fraction of sp³-hybridized carbons (Fsp3) is 0.261. The van der Waals surface area contributed by atoms with Crippen LogP contribution in [0.5, 0.6) is 0 Å². The molecule has 0 aliphatic carbocycles. The Bertz CT molecular complexity index is 1030. The summed E-state index contributed by atoms with van der Waals surface area (Å²) in [4.78, 5) is 28.7. The van der Waals surface area contributed by atoms with E-state index in [0.29, 0.717) is 5.13 Å². The topological polar surface area (TPSA) is 71.1 Å². The molecule has 1 heterocycles. The van der Waals surface area contributed by atoms with E-state index in [0.717, 1.165) is 22.4 Å². The van der Waals surface area contributed by atoms with Gasteiger partial charge in [0.25, 0.3) is 0 Å². The number of aromatic nitrogens is 1. The van der Waals surface area contributed by atoms with Crippen LogP contribution in [-0.4, -0.2) is 16.8 Å². The Morgan fingerprint density at radius 2 is 1.72 bits per heavy atom. The minimum Gasteiger partial charge on any atom is -0.349 e. The van der Waals surface area contributed by atoms with Crippen LogP contribution in [0, 0.1) is 20.8 Å². The van der Waals surface area contributed by atoms with Gasteiger partial charge in [0.1, 0.15) is 0 Å². The first kappa shape index (κ1) is 20.7. The van der Waals surface area contributed by atoms with Gasteiger partial charge in [-0.1, -0.05) is 36.4 Å². The first-order chi connectivity index (χ1) is 13.8. The van der Waals surface area contributed by atoms with E-state index in [-0.39, 0.29) is 24.3 Å². The van der Waals surface area contributed by atoms with E-state index in [1.807, 2.05) is 35.7 Å². The minimum absolute atomic E-state index is 0.140. The van der Waals surface area contributed by atoms with E-state index in [1.165, 1.54) is 29.4 Å². The number of hydrogen-bond donors (Lipinski definition) is 2. The Labute approximate surface area is 175 Å². The zero-order chi connectivity index (χ0) is 21.0. The van der Waals surface area contributed by atoms with Crippen molar-refractivity contribution in [3.8, 4) is 11.3 Å². The maximum Gasteiger partial charge on any atom is 0.228 e. The SMILES string of the molecule is CC(=O)N[C@H](CC(=O)Nc1nc(-c2cc(C)c(C)cc2C)cs1)c1ccccc1. The third kappa shape index (κ3) is 5.29. The summed E-state index contributed by atoms with van der Waals surface area (Å²) in [7, 11) is 0. The Hall–Kier alpha value is -2.99. The number of nitrogens with zero attached hydrogens (tertiary/aromatic N) is 1. The highest BCUT2D eigenvalue weighted by Crippen LogP contribution is 2.29. The fourth-order valence-corrected chi connectivity index (χ4v) is 3.96. The Morgan fingerprint density at radius 1 is 1.03 bits per heavy atom. The molecule has 0 spiro atoms. The molecule has 5 nitrogen and oxygen atoms in total. The summed E-state index contributed by atoms with van der Waals surface area (Å²) in [5, 5.41) is 8.22. The number of hydrogen-bond acceptors (Lipinski definition) is 4. The van der Waals surface area contributed by atoms with Crippen LogP contribution in [0.2, 0.25) is 0 Å². The van der Waals surface area contributed by atoms with Gasteiger partial charge in [-0.15, -0.1) is 11.3 Å². The molecule has 6 heteroatoms. The van der Waals surface area contributed by atoms with Crippen LogP contribution >= 0.6 is 11.3 Å². The van der Waals surface area contributed by atoms with Crippen LogP contribution in [0.15, 0.2) is 47.8 Å². The Balaban J connectivity index is 1.72. The van der Waals surface area contributed by atoms with Crippen molar-refractivity contribution in [2.75, 3.05) is 5.32 Å². The van der Waals surface area contributed by atoms with E-state index in [4.69, 9.17) is 0 Å². The molecule has 0 radical (unpaired) electrons. The van der Waals surface area contributed by atoms with E-state index >= 15 is 0 Å². The van der Waals surface area contributed by atoms with Crippen LogP contribution < -0.4 is 10.6 Å². The number of amides is 2. The lowest BCUT2D eigenvalue weighted by molar-refractivity contribution is -0.120. The van der Waals surface area contributed by atoms with Crippen LogP contribution in [-0.2, 0) is 9.59 Å². The van der Waals surface area contributed by atoms with Gasteiger partial charge < -0.3 is 10.6 Å². The van der Waals surface area contributed by atoms with Crippen molar-refractivity contribution in [3.63, 3.8) is 0 Å². The van der Waals surface area contributed by atoms with E-state index in [2.05, 4.69) is 48.5 Å². The number of anilines is 1. The van der Waals surface area contributed by atoms with Gasteiger partial charge in [-0.25, -0.2) is 4.98 Å². The molecular weight excluding hydrogens is 382 g/mol. The molecule has 1 atom stereocenters. The van der Waals surface area contributed by atoms with Crippen LogP contribution in [0.25, 0.3) is 11.3 Å². The van der Waals surface area contributed by atoms with Gasteiger partial charge in [0.15, 0.2) is 5.13 Å². The molecule has 150 valence electrons. The molecule has 2 aromatic carbocycles. The molecule has 0 aliphatic rings. The monoisotopic (exact) mass is 407 g/mol. The molecule has 0 bridgehead atoms. The van der Waals surface area contributed by atoms with Crippen LogP contribution in [0.3, 0.4) is 0 Å². The number of benzene rings is 2. The Morgan fingerprint density at radius 3 is 2.41 bits per heavy atom. The van der Waals surface area contributed by atoms with E-state index in [1.54, 1.807) is 0 Å². The minimum atomic E-state index is -0.380. The van der Waals surface area contributed by atoms with Gasteiger partial charge in [0, 0.05) is 17.9 Å². The highest BCUT2D eigenvalue weighted by molar-refractivity contribution is 7.14. The molecule has 29 heavy (non-hydrogen) atoms. The number of carbonyl (C=O) groups is 2. The molecule has 0 unspecified atom stereocenters. The molecule has 3 rings (SSSR count). The van der Waals surface area contributed by atoms with E-state index < -0.39 is 0 Å². The second-order valence-electron chi connectivity index (χ2n) is 7.21. The summed E-state index contributed by atoms with van der Waals surface area (Å²) in [6.07, 6.45) is 0.140. The number of aryl methyl sites for hydroxylation is 3. The van der Waals surface area contributed by atoms with Gasteiger partial charge in [0.05, 0.1) is 18.2 Å². The van der Waals surface area contributed by atoms with Gasteiger partial charge in [-0.2, -0.15) is 0 Å². The van der Waals surface area contributed by atoms with Crippen LogP contribution in [0.1, 0.15) is 41.6 Å². The zero-order valence-electron chi connectivity index (χ0n) is 17.1. The first-order valence-corrected chi connectivity index (χ1v) is 10.4. The third-order valence-electron chi connectivity index (χ3n) is 4.84. The maximum absolute atomic E-state index is 12.6. The average Bonchev–Trinajstić information content (AvgIpc) is 3.12. The van der Waals surface area contributed by atoms with Crippen LogP contribution in [0.4, 0.5) is 5.13 Å². The van der Waals surface area contributed by atoms with Gasteiger partial charge in [0.2, 0.25) is 11.8 Å². The van der Waals surface area contributed by atoms with Gasteiger partial charge in [-0.3, -0.25) is 9.59 Å². The van der Waals surface area contributed by atoms with Crippen molar-refractivity contribution >= 4 is 28.3 Å². The summed E-state index contributed by atoms with van der Waals surface area (Å²) in [6, 6.07) is 13.4. The van der Waals surface area contributed by atoms with Crippen molar-refractivity contribution in [2.24, 2.45) is 0 Å². The van der Waals surface area contributed by atoms with Gasteiger partial charge >= 0.3 is 0 Å². The number of nitrogens with one attached hydrogen (secondary N) is 2. The van der Waals surface area contributed by atoms with Crippen molar-refractivity contribution in [2.45, 2.75) is 40.2 Å². The third-order valence-corrected chi connectivity index (χ3v) is 5.59. The quantitative estimate of drug-likeness (QED) is 0.608. The molecule has 0 fully saturated rings. The molecule has 0 saturated carbocycles. The lowest BCUT2D eigenvalue weighted by Crippen LogP contribution is -2.29. The summed E-state index contributed by atoms with van der Waals surface area (Å²) in [5.74, 6) is -0.362. The molecular formula is C23H25N3O2S. The number of rotatable bonds is 6. The Kier molecular flexibility index (Phi) is 6.44. The normalized spacial score (nSPS) is 11.7. The maximum atomic E-state index is 12.6. The summed E-state index contributed by atoms with van der Waals surface area (Å²) in [5.41, 5.74) is 6.44. The summed E-state index contributed by atoms with van der Waals surface area (Å²) in [6.45, 7) is 7.69. The smallest absolute Gasteiger partial charge is 0.228 e. The largest absolute Gasteiger partial charge is 0.349 e. The molecule has 3 aromatic rings. The predicted octanol–water partition coefficient (Wildman–Crippen LogP) is 4.94. The first-order valence-electron chi connectivity index (χ1n) is 9.49. The van der Waals surface area contributed by atoms with Crippen molar-refractivity contribution in [1.29, 1.82) is 0 Å². The molecule has 2 amide bonds. The average molecular weight is 408 g/mol. The highest BCUT2D eigenvalue weighted by Gasteiger charge is 2.18. The lowest BCUT2D eigenvalue weighted by Gasteiger charge is -2.17. The molecule has 0 saturated heterocycles. The molecule has 0 aliphatic heterocycles. The van der Waals surface area contributed by atoms with Crippen molar-refractivity contribution in [1.82, 2.24) is 10.3 Å². The zero-order valence-corrected chi connectivity index (χ0v) is 17.9. The second-order valence-corrected chi connectivity index (χ2v) is 8.06. The summed E-state index contributed by atoms with van der Waals surface area (Å²) >= 11 is 1.40.